The van der Waals surface area contributed by atoms with Crippen LogP contribution in [0.3, 0.4) is 0 Å². The third-order valence-electron chi connectivity index (χ3n) is 5.54. The van der Waals surface area contributed by atoms with E-state index in [2.05, 4.69) is 20.2 Å². The summed E-state index contributed by atoms with van der Waals surface area (Å²) in [4.78, 5) is 15.9. The van der Waals surface area contributed by atoms with Crippen LogP contribution in [0.25, 0.3) is 10.9 Å². The first-order valence-electron chi connectivity index (χ1n) is 11.0. The highest BCUT2D eigenvalue weighted by molar-refractivity contribution is 7.09. The molecule has 0 saturated carbocycles. The number of halogens is 2. The number of methoxy groups -OCH3 is 1. The van der Waals surface area contributed by atoms with Crippen molar-refractivity contribution in [3.8, 4) is 11.5 Å². The lowest BCUT2D eigenvalue weighted by molar-refractivity contribution is 0.0341. The van der Waals surface area contributed by atoms with E-state index in [9.17, 15) is 0 Å². The fourth-order valence-electron chi connectivity index (χ4n) is 3.74. The summed E-state index contributed by atoms with van der Waals surface area (Å²) in [7, 11) is 1.60. The molecule has 1 saturated heterocycles. The van der Waals surface area contributed by atoms with E-state index in [-0.39, 0.29) is 0 Å². The summed E-state index contributed by atoms with van der Waals surface area (Å²) >= 11 is 13.8. The van der Waals surface area contributed by atoms with Gasteiger partial charge in [0, 0.05) is 35.6 Å². The van der Waals surface area contributed by atoms with Gasteiger partial charge in [0.1, 0.15) is 23.8 Å². The molecule has 4 aromatic rings. The van der Waals surface area contributed by atoms with E-state index in [1.807, 2.05) is 23.6 Å². The van der Waals surface area contributed by atoms with Gasteiger partial charge in [0.05, 0.1) is 48.1 Å². The number of rotatable bonds is 8. The monoisotopic (exact) mass is 531 g/mol. The van der Waals surface area contributed by atoms with E-state index in [4.69, 9.17) is 42.4 Å². The smallest absolute Gasteiger partial charge is 0.163 e. The molecule has 0 radical (unpaired) electrons. The normalized spacial score (nSPS) is 14.3. The molecule has 1 fully saturated rings. The molecule has 0 atom stereocenters. The molecule has 3 heterocycles. The molecule has 0 spiro atoms. The van der Waals surface area contributed by atoms with Crippen molar-refractivity contribution in [2.75, 3.05) is 38.7 Å². The lowest BCUT2D eigenvalue weighted by Crippen LogP contribution is -2.35. The molecule has 5 rings (SSSR count). The minimum atomic E-state index is 0.334. The SMILES string of the molecule is COc1cc2c(Nc3ccc(Cl)c(Cl)c3)ncnc2cc1OCc1csc(CN2CCOCC2)n1. The fourth-order valence-corrected chi connectivity index (χ4v) is 4.85. The molecule has 0 aliphatic carbocycles. The van der Waals surface area contributed by atoms with Gasteiger partial charge < -0.3 is 19.5 Å². The second kappa shape index (κ2) is 10.9. The van der Waals surface area contributed by atoms with Gasteiger partial charge in [0.25, 0.3) is 0 Å². The van der Waals surface area contributed by atoms with Crippen LogP contribution in [0.15, 0.2) is 42.0 Å². The fraction of sp³-hybridized carbons (Fsp3) is 0.292. The van der Waals surface area contributed by atoms with Gasteiger partial charge in [-0.2, -0.15) is 0 Å². The Labute approximate surface area is 216 Å². The highest BCUT2D eigenvalue weighted by Crippen LogP contribution is 2.36. The number of ether oxygens (including phenoxy) is 3. The van der Waals surface area contributed by atoms with E-state index >= 15 is 0 Å². The van der Waals surface area contributed by atoms with Crippen molar-refractivity contribution in [1.82, 2.24) is 19.9 Å². The molecular weight excluding hydrogens is 509 g/mol. The van der Waals surface area contributed by atoms with Gasteiger partial charge in [-0.15, -0.1) is 11.3 Å². The Bertz CT molecular complexity index is 1330. The summed E-state index contributed by atoms with van der Waals surface area (Å²) in [6, 6.07) is 9.00. The van der Waals surface area contributed by atoms with E-state index in [1.165, 1.54) is 6.33 Å². The number of anilines is 2. The second-order valence-corrected chi connectivity index (χ2v) is 9.66. The van der Waals surface area contributed by atoms with Gasteiger partial charge in [-0.05, 0) is 24.3 Å². The molecular formula is C24H23Cl2N5O3S. The first kappa shape index (κ1) is 24.0. The molecule has 182 valence electrons. The Balaban J connectivity index is 1.32. The average Bonchev–Trinajstić information content (AvgIpc) is 3.32. The number of hydrogen-bond acceptors (Lipinski definition) is 9. The summed E-state index contributed by atoms with van der Waals surface area (Å²) in [6.45, 7) is 4.58. The number of morpholine rings is 1. The minimum absolute atomic E-state index is 0.334. The lowest BCUT2D eigenvalue weighted by Gasteiger charge is -2.25. The molecule has 1 N–H and O–H groups in total. The van der Waals surface area contributed by atoms with Crippen molar-refractivity contribution >= 4 is 56.9 Å². The second-order valence-electron chi connectivity index (χ2n) is 7.91. The van der Waals surface area contributed by atoms with Crippen molar-refractivity contribution in [3.05, 3.63) is 62.8 Å². The average molecular weight is 532 g/mol. The summed E-state index contributed by atoms with van der Waals surface area (Å²) in [6.07, 6.45) is 1.50. The first-order valence-corrected chi connectivity index (χ1v) is 12.6. The van der Waals surface area contributed by atoms with Gasteiger partial charge in [-0.1, -0.05) is 23.2 Å². The van der Waals surface area contributed by atoms with Gasteiger partial charge in [0.2, 0.25) is 0 Å². The zero-order chi connectivity index (χ0) is 24.2. The quantitative estimate of drug-likeness (QED) is 0.316. The third-order valence-corrected chi connectivity index (χ3v) is 7.16. The molecule has 0 amide bonds. The number of fused-ring (bicyclic) bond motifs is 1. The predicted molar refractivity (Wildman–Crippen MR) is 138 cm³/mol. The number of hydrogen-bond donors (Lipinski definition) is 1. The molecule has 0 bridgehead atoms. The number of nitrogens with zero attached hydrogens (tertiary/aromatic N) is 4. The summed E-state index contributed by atoms with van der Waals surface area (Å²) in [5.74, 6) is 1.78. The van der Waals surface area contributed by atoms with Crippen LogP contribution in [0.2, 0.25) is 10.0 Å². The number of benzene rings is 2. The van der Waals surface area contributed by atoms with Crippen LogP contribution in [0.1, 0.15) is 10.7 Å². The van der Waals surface area contributed by atoms with E-state index in [0.717, 1.165) is 54.6 Å². The van der Waals surface area contributed by atoms with E-state index in [1.54, 1.807) is 30.6 Å². The number of nitrogens with one attached hydrogen (secondary N) is 1. The van der Waals surface area contributed by atoms with Crippen molar-refractivity contribution < 1.29 is 14.2 Å². The van der Waals surface area contributed by atoms with Crippen LogP contribution in [-0.4, -0.2) is 53.3 Å². The maximum Gasteiger partial charge on any atom is 0.163 e. The van der Waals surface area contributed by atoms with Crippen molar-refractivity contribution in [2.45, 2.75) is 13.2 Å². The molecule has 2 aromatic carbocycles. The van der Waals surface area contributed by atoms with Gasteiger partial charge in [-0.25, -0.2) is 15.0 Å². The largest absolute Gasteiger partial charge is 0.493 e. The van der Waals surface area contributed by atoms with Gasteiger partial charge in [-0.3, -0.25) is 4.90 Å². The van der Waals surface area contributed by atoms with Crippen LogP contribution in [0.5, 0.6) is 11.5 Å². The van der Waals surface area contributed by atoms with Crippen molar-refractivity contribution in [2.24, 2.45) is 0 Å². The van der Waals surface area contributed by atoms with Crippen LogP contribution < -0.4 is 14.8 Å². The highest BCUT2D eigenvalue weighted by atomic mass is 35.5. The maximum atomic E-state index is 6.15. The van der Waals surface area contributed by atoms with Crippen molar-refractivity contribution in [3.63, 3.8) is 0 Å². The lowest BCUT2D eigenvalue weighted by atomic mass is 10.2. The van der Waals surface area contributed by atoms with Gasteiger partial charge in [0.15, 0.2) is 11.5 Å². The summed E-state index contributed by atoms with van der Waals surface area (Å²) < 4.78 is 17.1. The van der Waals surface area contributed by atoms with Crippen molar-refractivity contribution in [1.29, 1.82) is 0 Å². The maximum absolute atomic E-state index is 6.15. The molecule has 35 heavy (non-hydrogen) atoms. The zero-order valence-corrected chi connectivity index (χ0v) is 21.3. The molecule has 0 unspecified atom stereocenters. The molecule has 8 nitrogen and oxygen atoms in total. The Morgan fingerprint density at radius 1 is 1.09 bits per heavy atom. The van der Waals surface area contributed by atoms with Crippen LogP contribution in [-0.2, 0) is 17.9 Å². The van der Waals surface area contributed by atoms with E-state index < -0.39 is 0 Å². The molecule has 11 heteroatoms. The van der Waals surface area contributed by atoms with E-state index in [0.29, 0.717) is 39.5 Å². The Kier molecular flexibility index (Phi) is 7.50. The minimum Gasteiger partial charge on any atom is -0.493 e. The van der Waals surface area contributed by atoms with Crippen LogP contribution in [0, 0.1) is 0 Å². The standard InChI is InChI=1S/C24H23Cl2N5O3S/c1-32-21-9-17-20(27-14-28-24(17)30-15-2-3-18(25)19(26)8-15)10-22(21)34-12-16-13-35-23(29-16)11-31-4-6-33-7-5-31/h2-3,8-10,13-14H,4-7,11-12H2,1H3,(H,27,28,30). The Morgan fingerprint density at radius 3 is 2.74 bits per heavy atom. The zero-order valence-electron chi connectivity index (χ0n) is 19.0. The topological polar surface area (TPSA) is 81.6 Å². The predicted octanol–water partition coefficient (Wildman–Crippen LogP) is 5.56. The third kappa shape index (κ3) is 5.76. The molecule has 2 aromatic heterocycles. The van der Waals surface area contributed by atoms with Crippen LogP contribution >= 0.6 is 34.5 Å². The highest BCUT2D eigenvalue weighted by Gasteiger charge is 2.15. The summed E-state index contributed by atoms with van der Waals surface area (Å²) in [5, 5.41) is 8.10. The number of thiazole rings is 1. The first-order chi connectivity index (χ1) is 17.1. The number of aromatic nitrogens is 3. The van der Waals surface area contributed by atoms with Crippen LogP contribution in [0.4, 0.5) is 11.5 Å². The Hall–Kier alpha value is -2.69. The molecule has 1 aliphatic rings. The van der Waals surface area contributed by atoms with Gasteiger partial charge >= 0.3 is 0 Å². The Morgan fingerprint density at radius 2 is 1.94 bits per heavy atom. The molecule has 1 aliphatic heterocycles. The summed E-state index contributed by atoms with van der Waals surface area (Å²) in [5.41, 5.74) is 2.35.